The molecule has 0 bridgehead atoms. The second kappa shape index (κ2) is 2.42. The van der Waals surface area contributed by atoms with Crippen molar-refractivity contribution in [3.05, 3.63) is 23.8 Å². The third-order valence-corrected chi connectivity index (χ3v) is 1.92. The molecule has 13 heavy (non-hydrogen) atoms. The number of aromatic hydroxyl groups is 1. The first-order chi connectivity index (χ1) is 6.22. The highest BCUT2D eigenvalue weighted by atomic mass is 16.3. The molecule has 4 nitrogen and oxygen atoms in total. The van der Waals surface area contributed by atoms with Gasteiger partial charge in [0.15, 0.2) is 0 Å². The number of nitriles is 1. The fourth-order valence-electron chi connectivity index (χ4n) is 1.33. The van der Waals surface area contributed by atoms with Crippen LogP contribution in [0.4, 0.5) is 5.82 Å². The second-order valence-corrected chi connectivity index (χ2v) is 2.76. The molecule has 64 valence electrons. The molecule has 4 N–H and O–H groups in total. The van der Waals surface area contributed by atoms with Gasteiger partial charge in [-0.1, -0.05) is 0 Å². The number of nitrogen functional groups attached to an aromatic ring is 1. The van der Waals surface area contributed by atoms with Crippen molar-refractivity contribution < 1.29 is 5.11 Å². The standard InChI is InChI=1S/C9H7N3O/c10-4-7-6-2-1-5(13)3-8(6)12-9(7)11/h1-3,12-13H,11H2. The molecule has 0 aliphatic carbocycles. The van der Waals surface area contributed by atoms with Gasteiger partial charge in [0.25, 0.3) is 0 Å². The van der Waals surface area contributed by atoms with Gasteiger partial charge in [0.2, 0.25) is 0 Å². The average molecular weight is 173 g/mol. The van der Waals surface area contributed by atoms with Crippen LogP contribution in [0.2, 0.25) is 0 Å². The molecular weight excluding hydrogens is 166 g/mol. The van der Waals surface area contributed by atoms with Crippen LogP contribution in [0.3, 0.4) is 0 Å². The van der Waals surface area contributed by atoms with Gasteiger partial charge in [-0.15, -0.1) is 0 Å². The molecule has 0 unspecified atom stereocenters. The first-order valence-electron chi connectivity index (χ1n) is 3.72. The molecule has 1 heterocycles. The average Bonchev–Trinajstić information content (AvgIpc) is 2.39. The van der Waals surface area contributed by atoms with Gasteiger partial charge in [-0.2, -0.15) is 5.26 Å². The van der Waals surface area contributed by atoms with E-state index in [9.17, 15) is 0 Å². The molecule has 0 amide bonds. The van der Waals surface area contributed by atoms with Crippen LogP contribution < -0.4 is 5.73 Å². The van der Waals surface area contributed by atoms with Crippen LogP contribution in [-0.2, 0) is 0 Å². The highest BCUT2D eigenvalue weighted by molar-refractivity contribution is 5.91. The van der Waals surface area contributed by atoms with E-state index in [2.05, 4.69) is 4.98 Å². The number of H-pyrrole nitrogens is 1. The lowest BCUT2D eigenvalue weighted by atomic mass is 10.2. The summed E-state index contributed by atoms with van der Waals surface area (Å²) in [6, 6.07) is 6.72. The number of hydrogen-bond donors (Lipinski definition) is 3. The van der Waals surface area contributed by atoms with Crippen LogP contribution in [0.15, 0.2) is 18.2 Å². The largest absolute Gasteiger partial charge is 0.508 e. The Hall–Kier alpha value is -2.15. The summed E-state index contributed by atoms with van der Waals surface area (Å²) in [5.41, 5.74) is 6.66. The summed E-state index contributed by atoms with van der Waals surface area (Å²) in [5, 5.41) is 18.7. The van der Waals surface area contributed by atoms with E-state index < -0.39 is 0 Å². The number of hydrogen-bond acceptors (Lipinski definition) is 3. The monoisotopic (exact) mass is 173 g/mol. The molecule has 0 saturated heterocycles. The van der Waals surface area contributed by atoms with E-state index in [1.807, 2.05) is 6.07 Å². The first-order valence-corrected chi connectivity index (χ1v) is 3.72. The maximum atomic E-state index is 9.16. The molecular formula is C9H7N3O. The van der Waals surface area contributed by atoms with E-state index in [1.165, 1.54) is 12.1 Å². The minimum Gasteiger partial charge on any atom is -0.508 e. The number of phenolic OH excluding ortho intramolecular Hbond substituents is 1. The highest BCUT2D eigenvalue weighted by Gasteiger charge is 2.07. The number of nitrogens with one attached hydrogen (secondary N) is 1. The van der Waals surface area contributed by atoms with Crippen molar-refractivity contribution in [2.24, 2.45) is 0 Å². The van der Waals surface area contributed by atoms with Crippen molar-refractivity contribution in [1.29, 1.82) is 5.26 Å². The van der Waals surface area contributed by atoms with Crippen molar-refractivity contribution in [1.82, 2.24) is 4.98 Å². The normalized spacial score (nSPS) is 10.1. The second-order valence-electron chi connectivity index (χ2n) is 2.76. The Morgan fingerprint density at radius 2 is 2.23 bits per heavy atom. The number of nitrogens with zero attached hydrogens (tertiary/aromatic N) is 1. The van der Waals surface area contributed by atoms with Crippen molar-refractivity contribution in [3.8, 4) is 11.8 Å². The van der Waals surface area contributed by atoms with Gasteiger partial charge < -0.3 is 15.8 Å². The summed E-state index contributed by atoms with van der Waals surface area (Å²) >= 11 is 0. The molecule has 1 aromatic heterocycles. The molecule has 0 spiro atoms. The Morgan fingerprint density at radius 1 is 1.46 bits per heavy atom. The van der Waals surface area contributed by atoms with Gasteiger partial charge in [-0.05, 0) is 12.1 Å². The lowest BCUT2D eigenvalue weighted by Crippen LogP contribution is -1.85. The van der Waals surface area contributed by atoms with Crippen molar-refractivity contribution >= 4 is 16.7 Å². The predicted octanol–water partition coefficient (Wildman–Crippen LogP) is 1.33. The maximum Gasteiger partial charge on any atom is 0.119 e. The van der Waals surface area contributed by atoms with Gasteiger partial charge in [-0.3, -0.25) is 0 Å². The zero-order valence-corrected chi connectivity index (χ0v) is 6.70. The minimum absolute atomic E-state index is 0.151. The van der Waals surface area contributed by atoms with Crippen LogP contribution >= 0.6 is 0 Å². The van der Waals surface area contributed by atoms with Crippen molar-refractivity contribution in [2.75, 3.05) is 5.73 Å². The summed E-state index contributed by atoms with van der Waals surface area (Å²) in [6.07, 6.45) is 0. The predicted molar refractivity (Wildman–Crippen MR) is 49.1 cm³/mol. The van der Waals surface area contributed by atoms with Crippen molar-refractivity contribution in [2.45, 2.75) is 0 Å². The third kappa shape index (κ3) is 0.983. The number of rotatable bonds is 0. The van der Waals surface area contributed by atoms with Crippen LogP contribution in [0.5, 0.6) is 5.75 Å². The summed E-state index contributed by atoms with van der Waals surface area (Å²) in [5.74, 6) is 0.487. The fraction of sp³-hybridized carbons (Fsp3) is 0. The quantitative estimate of drug-likeness (QED) is 0.561. The SMILES string of the molecule is N#Cc1c(N)[nH]c2cc(O)ccc12. The van der Waals surface area contributed by atoms with Crippen LogP contribution in [0.25, 0.3) is 10.9 Å². The Bertz CT molecular complexity index is 507. The molecule has 0 aliphatic heterocycles. The molecule has 0 saturated carbocycles. The highest BCUT2D eigenvalue weighted by Crippen LogP contribution is 2.26. The number of benzene rings is 1. The first kappa shape index (κ1) is 7.50. The summed E-state index contributed by atoms with van der Waals surface area (Å²) in [7, 11) is 0. The van der Waals surface area contributed by atoms with E-state index in [0.717, 1.165) is 5.39 Å². The Labute approximate surface area is 74.2 Å². The zero-order chi connectivity index (χ0) is 9.42. The number of aromatic amines is 1. The zero-order valence-electron chi connectivity index (χ0n) is 6.70. The van der Waals surface area contributed by atoms with Gasteiger partial charge in [-0.25, -0.2) is 0 Å². The Morgan fingerprint density at radius 3 is 2.92 bits per heavy atom. The molecule has 2 rings (SSSR count). The number of fused-ring (bicyclic) bond motifs is 1. The molecule has 1 aromatic carbocycles. The lowest BCUT2D eigenvalue weighted by molar-refractivity contribution is 0.476. The number of phenols is 1. The number of anilines is 1. The van der Waals surface area contributed by atoms with E-state index in [0.29, 0.717) is 16.9 Å². The van der Waals surface area contributed by atoms with Crippen LogP contribution in [0, 0.1) is 11.3 Å². The Balaban J connectivity index is 2.88. The molecule has 2 aromatic rings. The summed E-state index contributed by atoms with van der Waals surface area (Å²) in [6.45, 7) is 0. The van der Waals surface area contributed by atoms with Gasteiger partial charge >= 0.3 is 0 Å². The molecule has 0 radical (unpaired) electrons. The molecule has 4 heteroatoms. The van der Waals surface area contributed by atoms with Crippen molar-refractivity contribution in [3.63, 3.8) is 0 Å². The molecule has 0 fully saturated rings. The van der Waals surface area contributed by atoms with Crippen LogP contribution in [0.1, 0.15) is 5.56 Å². The topological polar surface area (TPSA) is 85.8 Å². The van der Waals surface area contributed by atoms with E-state index in [-0.39, 0.29) is 5.75 Å². The van der Waals surface area contributed by atoms with Gasteiger partial charge in [0.1, 0.15) is 23.2 Å². The smallest absolute Gasteiger partial charge is 0.119 e. The lowest BCUT2D eigenvalue weighted by Gasteiger charge is -1.90. The maximum absolute atomic E-state index is 9.16. The van der Waals surface area contributed by atoms with Crippen LogP contribution in [-0.4, -0.2) is 10.1 Å². The minimum atomic E-state index is 0.151. The van der Waals surface area contributed by atoms with Gasteiger partial charge in [0, 0.05) is 11.5 Å². The molecule has 0 aliphatic rings. The number of nitrogens with two attached hydrogens (primary N) is 1. The Kier molecular flexibility index (Phi) is 1.40. The summed E-state index contributed by atoms with van der Waals surface area (Å²) < 4.78 is 0. The molecule has 0 atom stereocenters. The van der Waals surface area contributed by atoms with E-state index >= 15 is 0 Å². The van der Waals surface area contributed by atoms with E-state index in [4.69, 9.17) is 16.1 Å². The summed E-state index contributed by atoms with van der Waals surface area (Å²) in [4.78, 5) is 2.81. The number of aromatic nitrogens is 1. The van der Waals surface area contributed by atoms with Gasteiger partial charge in [0.05, 0.1) is 5.52 Å². The fourth-order valence-corrected chi connectivity index (χ4v) is 1.33. The van der Waals surface area contributed by atoms with E-state index in [1.54, 1.807) is 6.07 Å². The third-order valence-electron chi connectivity index (χ3n) is 1.92.